The summed E-state index contributed by atoms with van der Waals surface area (Å²) >= 11 is 5.80. The van der Waals surface area contributed by atoms with Gasteiger partial charge >= 0.3 is 6.18 Å². The molecule has 0 saturated heterocycles. The Kier molecular flexibility index (Phi) is 5.47. The van der Waals surface area contributed by atoms with Crippen LogP contribution in [0.15, 0.2) is 42.6 Å². The van der Waals surface area contributed by atoms with Crippen LogP contribution in [-0.2, 0) is 6.18 Å². The summed E-state index contributed by atoms with van der Waals surface area (Å²) < 4.78 is 39.4. The fourth-order valence-corrected chi connectivity index (χ4v) is 1.98. The molecule has 2 aromatic heterocycles. The third-order valence-corrected chi connectivity index (χ3v) is 3.06. The van der Waals surface area contributed by atoms with Crippen LogP contribution >= 0.6 is 11.6 Å². The minimum atomic E-state index is -4.39. The molecule has 0 spiro atoms. The number of nitrogens with zero attached hydrogens (tertiary/aromatic N) is 3. The topological polar surface area (TPSA) is 30.2 Å². The summed E-state index contributed by atoms with van der Waals surface area (Å²) in [6, 6.07) is 8.08. The van der Waals surface area contributed by atoms with E-state index in [1.807, 2.05) is 13.8 Å². The molecule has 1 aromatic carbocycles. The molecular formula is C17H13ClF3N3. The molecule has 0 saturated carbocycles. The summed E-state index contributed by atoms with van der Waals surface area (Å²) in [5.74, 6) is 5.43. The molecule has 0 amide bonds. The van der Waals surface area contributed by atoms with Crippen molar-refractivity contribution in [2.75, 3.05) is 0 Å². The van der Waals surface area contributed by atoms with E-state index in [1.165, 1.54) is 22.8 Å². The zero-order chi connectivity index (χ0) is 17.7. The van der Waals surface area contributed by atoms with Crippen molar-refractivity contribution in [2.45, 2.75) is 20.0 Å². The van der Waals surface area contributed by atoms with Crippen molar-refractivity contribution in [3.63, 3.8) is 0 Å². The van der Waals surface area contributed by atoms with Crippen molar-refractivity contribution in [1.82, 2.24) is 14.6 Å². The molecule has 7 heteroatoms. The van der Waals surface area contributed by atoms with Gasteiger partial charge in [-0.25, -0.2) is 9.50 Å². The first kappa shape index (κ1) is 17.8. The molecule has 0 fully saturated rings. The largest absolute Gasteiger partial charge is 0.416 e. The van der Waals surface area contributed by atoms with E-state index in [9.17, 15) is 13.2 Å². The van der Waals surface area contributed by atoms with Crippen LogP contribution in [0.2, 0.25) is 5.15 Å². The van der Waals surface area contributed by atoms with Crippen molar-refractivity contribution in [2.24, 2.45) is 0 Å². The molecule has 124 valence electrons. The van der Waals surface area contributed by atoms with Gasteiger partial charge in [-0.3, -0.25) is 0 Å². The van der Waals surface area contributed by atoms with Crippen LogP contribution in [0.1, 0.15) is 30.7 Å². The third kappa shape index (κ3) is 4.06. The number of aromatic nitrogens is 3. The number of imidazole rings is 1. The van der Waals surface area contributed by atoms with E-state index in [-0.39, 0.29) is 10.7 Å². The number of benzene rings is 1. The van der Waals surface area contributed by atoms with E-state index in [1.54, 1.807) is 12.1 Å². The van der Waals surface area contributed by atoms with E-state index >= 15 is 0 Å². The molecule has 0 radical (unpaired) electrons. The van der Waals surface area contributed by atoms with Gasteiger partial charge in [-0.15, -0.1) is 0 Å². The summed E-state index contributed by atoms with van der Waals surface area (Å²) in [5.41, 5.74) is 0.512. The molecule has 3 aromatic rings. The van der Waals surface area contributed by atoms with Gasteiger partial charge in [0.15, 0.2) is 5.65 Å². The van der Waals surface area contributed by atoms with Gasteiger partial charge in [-0.1, -0.05) is 37.4 Å². The Morgan fingerprint density at radius 1 is 1.08 bits per heavy atom. The third-order valence-electron chi connectivity index (χ3n) is 2.85. The van der Waals surface area contributed by atoms with Gasteiger partial charge in [-0.2, -0.15) is 18.3 Å². The molecule has 2 heterocycles. The molecule has 0 bridgehead atoms. The first-order valence-electron chi connectivity index (χ1n) is 7.13. The van der Waals surface area contributed by atoms with E-state index < -0.39 is 11.7 Å². The molecule has 0 aliphatic carbocycles. The summed E-state index contributed by atoms with van der Waals surface area (Å²) in [7, 11) is 0. The fraction of sp³-hybridized carbons (Fsp3) is 0.176. The van der Waals surface area contributed by atoms with Crippen LogP contribution in [0.25, 0.3) is 5.65 Å². The van der Waals surface area contributed by atoms with Crippen molar-refractivity contribution >= 4 is 17.2 Å². The highest BCUT2D eigenvalue weighted by Crippen LogP contribution is 2.29. The van der Waals surface area contributed by atoms with Crippen LogP contribution < -0.4 is 0 Å². The van der Waals surface area contributed by atoms with Crippen molar-refractivity contribution in [3.05, 3.63) is 64.6 Å². The lowest BCUT2D eigenvalue weighted by atomic mass is 10.1. The Balaban J connectivity index is 0.00000100. The molecule has 0 atom stereocenters. The second-order valence-electron chi connectivity index (χ2n) is 4.40. The Labute approximate surface area is 142 Å². The van der Waals surface area contributed by atoms with Crippen LogP contribution in [0.4, 0.5) is 13.2 Å². The average molecular weight is 352 g/mol. The first-order chi connectivity index (χ1) is 11.4. The van der Waals surface area contributed by atoms with E-state index in [0.717, 1.165) is 12.1 Å². The summed E-state index contributed by atoms with van der Waals surface area (Å²) in [4.78, 5) is 4.09. The molecule has 3 rings (SSSR count). The van der Waals surface area contributed by atoms with Gasteiger partial charge in [0, 0.05) is 5.56 Å². The molecule has 0 unspecified atom stereocenters. The smallest absolute Gasteiger partial charge is 0.234 e. The Bertz CT molecular complexity index is 905. The lowest BCUT2D eigenvalue weighted by molar-refractivity contribution is -0.137. The zero-order valence-electron chi connectivity index (χ0n) is 12.9. The lowest BCUT2D eigenvalue weighted by Crippen LogP contribution is -2.04. The first-order valence-corrected chi connectivity index (χ1v) is 7.51. The number of hydrogen-bond acceptors (Lipinski definition) is 2. The zero-order valence-corrected chi connectivity index (χ0v) is 13.7. The SMILES string of the molecule is CC.FC(F)(F)c1cccc(C#Cc2cnc3ccc(Cl)nn23)c1. The number of alkyl halides is 3. The Morgan fingerprint density at radius 3 is 2.54 bits per heavy atom. The second kappa shape index (κ2) is 7.37. The second-order valence-corrected chi connectivity index (χ2v) is 4.79. The van der Waals surface area contributed by atoms with Gasteiger partial charge < -0.3 is 0 Å². The minimum absolute atomic E-state index is 0.256. The highest BCUT2D eigenvalue weighted by Gasteiger charge is 2.30. The molecule has 0 aliphatic rings. The normalized spacial score (nSPS) is 10.6. The summed E-state index contributed by atoms with van der Waals surface area (Å²) in [6.45, 7) is 4.00. The van der Waals surface area contributed by atoms with Crippen LogP contribution in [-0.4, -0.2) is 14.6 Å². The Morgan fingerprint density at radius 2 is 1.83 bits per heavy atom. The van der Waals surface area contributed by atoms with E-state index in [4.69, 9.17) is 11.6 Å². The Hall–Kier alpha value is -2.52. The maximum Gasteiger partial charge on any atom is 0.416 e. The quantitative estimate of drug-likeness (QED) is 0.543. The average Bonchev–Trinajstić information content (AvgIpc) is 2.96. The molecule has 3 nitrogen and oxygen atoms in total. The number of hydrogen-bond donors (Lipinski definition) is 0. The minimum Gasteiger partial charge on any atom is -0.234 e. The molecule has 0 aliphatic heterocycles. The van der Waals surface area contributed by atoms with Crippen molar-refractivity contribution in [1.29, 1.82) is 0 Å². The van der Waals surface area contributed by atoms with Gasteiger partial charge in [0.05, 0.1) is 11.8 Å². The van der Waals surface area contributed by atoms with Crippen LogP contribution in [0, 0.1) is 11.8 Å². The number of rotatable bonds is 0. The van der Waals surface area contributed by atoms with Gasteiger partial charge in [-0.05, 0) is 36.3 Å². The molecular weight excluding hydrogens is 339 g/mol. The highest BCUT2D eigenvalue weighted by atomic mass is 35.5. The van der Waals surface area contributed by atoms with Gasteiger partial charge in [0.25, 0.3) is 0 Å². The lowest BCUT2D eigenvalue weighted by Gasteiger charge is -2.05. The maximum atomic E-state index is 12.6. The number of halogens is 4. The highest BCUT2D eigenvalue weighted by molar-refractivity contribution is 6.29. The van der Waals surface area contributed by atoms with E-state index in [2.05, 4.69) is 21.9 Å². The molecule has 24 heavy (non-hydrogen) atoms. The number of fused-ring (bicyclic) bond motifs is 1. The van der Waals surface area contributed by atoms with Crippen LogP contribution in [0.3, 0.4) is 0 Å². The predicted molar refractivity (Wildman–Crippen MR) is 86.8 cm³/mol. The maximum absolute atomic E-state index is 12.6. The summed E-state index contributed by atoms with van der Waals surface area (Å²) in [6.07, 6.45) is -2.91. The van der Waals surface area contributed by atoms with Crippen molar-refractivity contribution < 1.29 is 13.2 Å². The monoisotopic (exact) mass is 351 g/mol. The van der Waals surface area contributed by atoms with E-state index in [0.29, 0.717) is 11.3 Å². The van der Waals surface area contributed by atoms with Crippen molar-refractivity contribution in [3.8, 4) is 11.8 Å². The predicted octanol–water partition coefficient (Wildman–Crippen LogP) is 4.83. The fourth-order valence-electron chi connectivity index (χ4n) is 1.85. The molecule has 0 N–H and O–H groups in total. The van der Waals surface area contributed by atoms with Gasteiger partial charge in [0.2, 0.25) is 0 Å². The van der Waals surface area contributed by atoms with Crippen LogP contribution in [0.5, 0.6) is 0 Å². The standard InChI is InChI=1S/C15H7ClF3N3.C2H6/c16-13-6-7-14-20-9-12(22(14)21-13)5-4-10-2-1-3-11(8-10)15(17,18)19;1-2/h1-3,6-9H;1-2H3. The summed E-state index contributed by atoms with van der Waals surface area (Å²) in [5, 5.41) is 4.31. The van der Waals surface area contributed by atoms with Gasteiger partial charge in [0.1, 0.15) is 10.8 Å².